The van der Waals surface area contributed by atoms with Crippen molar-refractivity contribution in [3.05, 3.63) is 90.1 Å². The number of nitrogens with zero attached hydrogens (tertiary/aromatic N) is 3. The van der Waals surface area contributed by atoms with Crippen molar-refractivity contribution in [3.63, 3.8) is 0 Å². The molecule has 1 N–H and O–H groups in total. The summed E-state index contributed by atoms with van der Waals surface area (Å²) < 4.78 is 16.1. The van der Waals surface area contributed by atoms with Crippen LogP contribution >= 0.6 is 11.3 Å². The van der Waals surface area contributed by atoms with Crippen LogP contribution in [0.4, 0.5) is 4.39 Å². The number of rotatable bonds is 4. The Labute approximate surface area is 169 Å². The molecule has 0 aliphatic carbocycles. The van der Waals surface area contributed by atoms with Crippen LogP contribution in [0.25, 0.3) is 26.4 Å². The summed E-state index contributed by atoms with van der Waals surface area (Å²) in [6.45, 7) is 0.430. The standard InChI is InChI=1S/C22H15FN4OS/c23-17-6-3-15(4-7-17)18-13-27-19-8-5-16(10-20(19)29-22(27)26-18)21(28)25-12-14-2-1-9-24-11-14/h1-11,13H,12H2,(H,25,28). The molecule has 0 fully saturated rings. The molecule has 0 radical (unpaired) electrons. The highest BCUT2D eigenvalue weighted by Gasteiger charge is 2.13. The first kappa shape index (κ1) is 17.5. The Morgan fingerprint density at radius 2 is 2.00 bits per heavy atom. The number of amides is 1. The number of imidazole rings is 1. The van der Waals surface area contributed by atoms with Crippen LogP contribution in [0.5, 0.6) is 0 Å². The van der Waals surface area contributed by atoms with Crippen LogP contribution in [0.2, 0.25) is 0 Å². The fraction of sp³-hybridized carbons (Fsp3) is 0.0455. The summed E-state index contributed by atoms with van der Waals surface area (Å²) in [5.74, 6) is -0.400. The average Bonchev–Trinajstić information content (AvgIpc) is 3.31. The van der Waals surface area contributed by atoms with Crippen molar-refractivity contribution < 1.29 is 9.18 Å². The molecule has 0 saturated heterocycles. The van der Waals surface area contributed by atoms with Gasteiger partial charge in [0.2, 0.25) is 0 Å². The number of hydrogen-bond donors (Lipinski definition) is 1. The summed E-state index contributed by atoms with van der Waals surface area (Å²) in [5, 5.41) is 2.92. The van der Waals surface area contributed by atoms with Crippen molar-refractivity contribution >= 4 is 32.4 Å². The lowest BCUT2D eigenvalue weighted by atomic mass is 10.2. The van der Waals surface area contributed by atoms with Gasteiger partial charge in [-0.25, -0.2) is 9.37 Å². The van der Waals surface area contributed by atoms with E-state index in [0.29, 0.717) is 12.1 Å². The summed E-state index contributed by atoms with van der Waals surface area (Å²) in [5.41, 5.74) is 4.18. The molecule has 1 amide bonds. The van der Waals surface area contributed by atoms with Crippen molar-refractivity contribution in [2.45, 2.75) is 6.54 Å². The summed E-state index contributed by atoms with van der Waals surface area (Å²) in [6.07, 6.45) is 5.37. The number of thiazole rings is 1. The second-order valence-corrected chi connectivity index (χ2v) is 7.62. The molecular formula is C22H15FN4OS. The lowest BCUT2D eigenvalue weighted by molar-refractivity contribution is 0.0951. The molecule has 5 nitrogen and oxygen atoms in total. The van der Waals surface area contributed by atoms with Crippen molar-refractivity contribution in [1.29, 1.82) is 0 Å². The first-order chi connectivity index (χ1) is 14.2. The third kappa shape index (κ3) is 3.36. The van der Waals surface area contributed by atoms with Gasteiger partial charge in [-0.05, 0) is 54.1 Å². The van der Waals surface area contributed by atoms with Gasteiger partial charge in [-0.2, -0.15) is 0 Å². The van der Waals surface area contributed by atoms with E-state index >= 15 is 0 Å². The molecule has 5 aromatic rings. The highest BCUT2D eigenvalue weighted by Crippen LogP contribution is 2.30. The third-order valence-electron chi connectivity index (χ3n) is 4.67. The third-order valence-corrected chi connectivity index (χ3v) is 5.69. The Morgan fingerprint density at radius 3 is 2.79 bits per heavy atom. The number of nitrogens with one attached hydrogen (secondary N) is 1. The molecule has 0 unspecified atom stereocenters. The zero-order chi connectivity index (χ0) is 19.8. The SMILES string of the molecule is O=C(NCc1cccnc1)c1ccc2c(c1)sc1nc(-c3ccc(F)cc3)cn12. The van der Waals surface area contributed by atoms with Crippen LogP contribution in [-0.4, -0.2) is 20.3 Å². The molecule has 2 aromatic carbocycles. The zero-order valence-electron chi connectivity index (χ0n) is 15.2. The molecule has 0 saturated carbocycles. The minimum atomic E-state index is -0.269. The molecule has 0 bridgehead atoms. The van der Waals surface area contributed by atoms with E-state index in [1.165, 1.54) is 23.5 Å². The van der Waals surface area contributed by atoms with Crippen LogP contribution in [0.3, 0.4) is 0 Å². The molecule has 5 rings (SSSR count). The molecule has 0 aliphatic rings. The summed E-state index contributed by atoms with van der Waals surface area (Å²) in [4.78, 5) is 22.0. The number of pyridine rings is 1. The van der Waals surface area contributed by atoms with E-state index in [1.807, 2.05) is 40.9 Å². The number of carbonyl (C=O) groups excluding carboxylic acids is 1. The van der Waals surface area contributed by atoms with E-state index in [1.54, 1.807) is 24.5 Å². The van der Waals surface area contributed by atoms with Gasteiger partial charge >= 0.3 is 0 Å². The van der Waals surface area contributed by atoms with Crippen molar-refractivity contribution in [3.8, 4) is 11.3 Å². The Bertz CT molecular complexity index is 1330. The van der Waals surface area contributed by atoms with Crippen molar-refractivity contribution in [1.82, 2.24) is 19.7 Å². The molecule has 142 valence electrons. The zero-order valence-corrected chi connectivity index (χ0v) is 16.0. The Hall–Kier alpha value is -3.58. The molecule has 0 aliphatic heterocycles. The maximum absolute atomic E-state index is 13.2. The van der Waals surface area contributed by atoms with Gasteiger partial charge in [-0.3, -0.25) is 14.2 Å². The predicted molar refractivity (Wildman–Crippen MR) is 111 cm³/mol. The number of aromatic nitrogens is 3. The van der Waals surface area contributed by atoms with Crippen LogP contribution in [0.15, 0.2) is 73.2 Å². The van der Waals surface area contributed by atoms with Gasteiger partial charge in [0.05, 0.1) is 15.9 Å². The maximum Gasteiger partial charge on any atom is 0.251 e. The van der Waals surface area contributed by atoms with Crippen LogP contribution in [0, 0.1) is 5.82 Å². The topological polar surface area (TPSA) is 59.3 Å². The first-order valence-corrected chi connectivity index (χ1v) is 9.84. The van der Waals surface area contributed by atoms with Gasteiger partial charge in [0.1, 0.15) is 5.82 Å². The molecular weight excluding hydrogens is 387 g/mol. The number of carbonyl (C=O) groups is 1. The minimum absolute atomic E-state index is 0.131. The minimum Gasteiger partial charge on any atom is -0.348 e. The molecule has 3 aromatic heterocycles. The van der Waals surface area contributed by atoms with E-state index in [0.717, 1.165) is 32.0 Å². The lowest BCUT2D eigenvalue weighted by Gasteiger charge is -2.05. The smallest absolute Gasteiger partial charge is 0.251 e. The highest BCUT2D eigenvalue weighted by atomic mass is 32.1. The largest absolute Gasteiger partial charge is 0.348 e. The second kappa shape index (κ2) is 7.10. The molecule has 3 heterocycles. The second-order valence-electron chi connectivity index (χ2n) is 6.61. The van der Waals surface area contributed by atoms with E-state index < -0.39 is 0 Å². The fourth-order valence-electron chi connectivity index (χ4n) is 3.19. The van der Waals surface area contributed by atoms with Gasteiger partial charge < -0.3 is 5.32 Å². The first-order valence-electron chi connectivity index (χ1n) is 9.02. The normalized spacial score (nSPS) is 11.2. The van der Waals surface area contributed by atoms with Crippen LogP contribution < -0.4 is 5.32 Å². The summed E-state index contributed by atoms with van der Waals surface area (Å²) in [7, 11) is 0. The summed E-state index contributed by atoms with van der Waals surface area (Å²) in [6, 6.07) is 15.7. The molecule has 29 heavy (non-hydrogen) atoms. The Balaban J connectivity index is 1.42. The van der Waals surface area contributed by atoms with Gasteiger partial charge in [0, 0.05) is 36.3 Å². The Kier molecular flexibility index (Phi) is 4.29. The monoisotopic (exact) mass is 402 g/mol. The average molecular weight is 402 g/mol. The number of benzene rings is 2. The lowest BCUT2D eigenvalue weighted by Crippen LogP contribution is -2.22. The van der Waals surface area contributed by atoms with Crippen LogP contribution in [0.1, 0.15) is 15.9 Å². The van der Waals surface area contributed by atoms with Gasteiger partial charge in [0.15, 0.2) is 4.96 Å². The van der Waals surface area contributed by atoms with Gasteiger partial charge in [-0.15, -0.1) is 0 Å². The van der Waals surface area contributed by atoms with Crippen LogP contribution in [-0.2, 0) is 6.54 Å². The maximum atomic E-state index is 13.2. The molecule has 0 atom stereocenters. The van der Waals surface area contributed by atoms with E-state index in [2.05, 4.69) is 15.3 Å². The number of halogens is 1. The number of hydrogen-bond acceptors (Lipinski definition) is 4. The fourth-order valence-corrected chi connectivity index (χ4v) is 4.24. The van der Waals surface area contributed by atoms with E-state index in [4.69, 9.17) is 0 Å². The molecule has 7 heteroatoms. The van der Waals surface area contributed by atoms with Gasteiger partial charge in [0.25, 0.3) is 5.91 Å². The van der Waals surface area contributed by atoms with E-state index in [-0.39, 0.29) is 11.7 Å². The quantitative estimate of drug-likeness (QED) is 0.475. The van der Waals surface area contributed by atoms with Gasteiger partial charge in [-0.1, -0.05) is 17.4 Å². The molecule has 0 spiro atoms. The van der Waals surface area contributed by atoms with E-state index in [9.17, 15) is 9.18 Å². The number of fused-ring (bicyclic) bond motifs is 3. The van der Waals surface area contributed by atoms with Crippen molar-refractivity contribution in [2.24, 2.45) is 0 Å². The predicted octanol–water partition coefficient (Wildman–Crippen LogP) is 4.68. The Morgan fingerprint density at radius 1 is 1.14 bits per heavy atom. The summed E-state index contributed by atoms with van der Waals surface area (Å²) >= 11 is 1.51. The van der Waals surface area contributed by atoms with Crippen molar-refractivity contribution in [2.75, 3.05) is 0 Å². The highest BCUT2D eigenvalue weighted by molar-refractivity contribution is 7.23.